The summed E-state index contributed by atoms with van der Waals surface area (Å²) in [6, 6.07) is 3.78. The Morgan fingerprint density at radius 3 is 2.70 bits per heavy atom. The van der Waals surface area contributed by atoms with Gasteiger partial charge in [-0.15, -0.1) is 11.3 Å². The maximum absolute atomic E-state index is 12.9. The first-order chi connectivity index (χ1) is 9.38. The molecule has 3 N–H and O–H groups in total. The summed E-state index contributed by atoms with van der Waals surface area (Å²) in [5, 5.41) is 4.71. The average Bonchev–Trinajstić information content (AvgIpc) is 2.88. The quantitative estimate of drug-likeness (QED) is 0.849. The van der Waals surface area contributed by atoms with Crippen molar-refractivity contribution in [3.05, 3.63) is 45.9 Å². The second kappa shape index (κ2) is 5.76. The predicted molar refractivity (Wildman–Crippen MR) is 76.8 cm³/mol. The molecule has 0 unspecified atom stereocenters. The van der Waals surface area contributed by atoms with Crippen LogP contribution < -0.4 is 11.1 Å². The predicted octanol–water partition coefficient (Wildman–Crippen LogP) is 3.41. The molecule has 2 aromatic rings. The number of nitrogens with zero attached hydrogens (tertiary/aromatic N) is 1. The molecule has 0 saturated carbocycles. The highest BCUT2D eigenvalue weighted by Crippen LogP contribution is 2.33. The maximum atomic E-state index is 12.9. The van der Waals surface area contributed by atoms with Crippen LogP contribution in [0.2, 0.25) is 0 Å². The van der Waals surface area contributed by atoms with Gasteiger partial charge in [-0.2, -0.15) is 13.2 Å². The van der Waals surface area contributed by atoms with Crippen molar-refractivity contribution in [1.82, 2.24) is 4.98 Å². The second-order valence-corrected chi connectivity index (χ2v) is 5.11. The van der Waals surface area contributed by atoms with Crippen LogP contribution in [0.4, 0.5) is 18.9 Å². The first-order valence-corrected chi connectivity index (χ1v) is 6.85. The number of alkyl halides is 3. The first-order valence-electron chi connectivity index (χ1n) is 5.50. The van der Waals surface area contributed by atoms with Gasteiger partial charge in [0.15, 0.2) is 0 Å². The van der Waals surface area contributed by atoms with Crippen LogP contribution >= 0.6 is 23.6 Å². The number of nitrogens with one attached hydrogen (secondary N) is 1. The van der Waals surface area contributed by atoms with Crippen molar-refractivity contribution in [3.8, 4) is 0 Å². The third kappa shape index (κ3) is 3.45. The number of thiocarbonyl (C=S) groups is 1. The van der Waals surface area contributed by atoms with E-state index in [0.717, 1.165) is 11.8 Å². The van der Waals surface area contributed by atoms with Crippen molar-refractivity contribution in [1.29, 1.82) is 0 Å². The summed E-state index contributed by atoms with van der Waals surface area (Å²) in [5.74, 6) is 0. The summed E-state index contributed by atoms with van der Waals surface area (Å²) < 4.78 is 38.8. The number of aromatic nitrogens is 1. The molecule has 1 aromatic carbocycles. The van der Waals surface area contributed by atoms with Crippen molar-refractivity contribution in [2.75, 3.05) is 5.32 Å². The minimum absolute atomic E-state index is 0.174. The number of nitrogens with two attached hydrogens (primary N) is 1. The molecule has 0 amide bonds. The van der Waals surface area contributed by atoms with E-state index in [1.54, 1.807) is 5.51 Å². The zero-order valence-electron chi connectivity index (χ0n) is 10.1. The highest BCUT2D eigenvalue weighted by Gasteiger charge is 2.34. The second-order valence-electron chi connectivity index (χ2n) is 3.96. The molecule has 0 aliphatic carbocycles. The molecule has 1 aromatic heterocycles. The molecule has 0 aliphatic rings. The van der Waals surface area contributed by atoms with Gasteiger partial charge >= 0.3 is 6.18 Å². The molecule has 0 aliphatic heterocycles. The average molecular weight is 317 g/mol. The van der Waals surface area contributed by atoms with Gasteiger partial charge in [0.1, 0.15) is 4.99 Å². The lowest BCUT2D eigenvalue weighted by Gasteiger charge is -2.14. The smallest absolute Gasteiger partial charge is 0.389 e. The fraction of sp³-hybridized carbons (Fsp3) is 0.167. The Kier molecular flexibility index (Phi) is 4.24. The molecule has 0 radical (unpaired) electrons. The van der Waals surface area contributed by atoms with Gasteiger partial charge in [0.25, 0.3) is 0 Å². The third-order valence-electron chi connectivity index (χ3n) is 2.55. The molecular formula is C12H10F3N3S2. The van der Waals surface area contributed by atoms with Crippen LogP contribution in [0.1, 0.15) is 16.8 Å². The van der Waals surface area contributed by atoms with Crippen molar-refractivity contribution < 1.29 is 13.2 Å². The number of anilines is 1. The summed E-state index contributed by atoms with van der Waals surface area (Å²) in [5.41, 5.74) is 7.07. The summed E-state index contributed by atoms with van der Waals surface area (Å²) >= 11 is 6.06. The standard InChI is InChI=1S/C12H10F3N3S2/c13-12(14,15)10-3-7(1-2-9(10)11(16)19)17-4-8-5-20-6-18-8/h1-3,5-6,17H,4H2,(H2,16,19). The lowest BCUT2D eigenvalue weighted by molar-refractivity contribution is -0.137. The maximum Gasteiger partial charge on any atom is 0.417 e. The number of halogens is 3. The largest absolute Gasteiger partial charge is 0.417 e. The van der Waals surface area contributed by atoms with Gasteiger partial charge in [-0.1, -0.05) is 12.2 Å². The molecule has 106 valence electrons. The van der Waals surface area contributed by atoms with Crippen molar-refractivity contribution in [2.24, 2.45) is 5.73 Å². The Morgan fingerprint density at radius 1 is 1.40 bits per heavy atom. The van der Waals surface area contributed by atoms with E-state index in [-0.39, 0.29) is 10.6 Å². The van der Waals surface area contributed by atoms with Crippen LogP contribution in [0.15, 0.2) is 29.1 Å². The van der Waals surface area contributed by atoms with E-state index in [1.165, 1.54) is 23.5 Å². The van der Waals surface area contributed by atoms with Gasteiger partial charge in [-0.25, -0.2) is 4.98 Å². The van der Waals surface area contributed by atoms with Crippen molar-refractivity contribution in [2.45, 2.75) is 12.7 Å². The molecular weight excluding hydrogens is 307 g/mol. The van der Waals surface area contributed by atoms with E-state index in [1.807, 2.05) is 5.38 Å². The molecule has 20 heavy (non-hydrogen) atoms. The SMILES string of the molecule is NC(=S)c1ccc(NCc2cscn2)cc1C(F)(F)F. The van der Waals surface area contributed by atoms with E-state index < -0.39 is 11.7 Å². The molecule has 0 saturated heterocycles. The molecule has 8 heteroatoms. The van der Waals surface area contributed by atoms with E-state index in [4.69, 9.17) is 5.73 Å². The Labute approximate surface area is 122 Å². The Hall–Kier alpha value is -1.67. The number of hydrogen-bond donors (Lipinski definition) is 2. The third-order valence-corrected chi connectivity index (χ3v) is 3.40. The Morgan fingerprint density at radius 2 is 2.15 bits per heavy atom. The van der Waals surface area contributed by atoms with Crippen molar-refractivity contribution >= 4 is 34.2 Å². The minimum Gasteiger partial charge on any atom is -0.389 e. The zero-order chi connectivity index (χ0) is 14.8. The van der Waals surface area contributed by atoms with Gasteiger partial charge in [-0.05, 0) is 18.2 Å². The van der Waals surface area contributed by atoms with Gasteiger partial charge in [0, 0.05) is 16.6 Å². The van der Waals surface area contributed by atoms with E-state index in [9.17, 15) is 13.2 Å². The topological polar surface area (TPSA) is 50.9 Å². The summed E-state index contributed by atoms with van der Waals surface area (Å²) in [7, 11) is 0. The Bertz CT molecular complexity index is 609. The van der Waals surface area contributed by atoms with E-state index in [2.05, 4.69) is 22.5 Å². The molecule has 3 nitrogen and oxygen atoms in total. The van der Waals surface area contributed by atoms with Gasteiger partial charge < -0.3 is 11.1 Å². The lowest BCUT2D eigenvalue weighted by Crippen LogP contribution is -2.18. The first kappa shape index (κ1) is 14.7. The molecule has 1 heterocycles. The summed E-state index contributed by atoms with van der Waals surface area (Å²) in [4.78, 5) is 3.77. The zero-order valence-corrected chi connectivity index (χ0v) is 11.7. The van der Waals surface area contributed by atoms with Gasteiger partial charge in [-0.3, -0.25) is 0 Å². The number of benzene rings is 1. The fourth-order valence-electron chi connectivity index (χ4n) is 1.62. The van der Waals surface area contributed by atoms with Crippen LogP contribution in [-0.4, -0.2) is 9.97 Å². The summed E-state index contributed by atoms with van der Waals surface area (Å²) in [6.07, 6.45) is -4.50. The van der Waals surface area contributed by atoms with E-state index in [0.29, 0.717) is 12.2 Å². The van der Waals surface area contributed by atoms with E-state index >= 15 is 0 Å². The molecule has 0 atom stereocenters. The van der Waals surface area contributed by atoms with Gasteiger partial charge in [0.2, 0.25) is 0 Å². The fourth-order valence-corrected chi connectivity index (χ4v) is 2.36. The highest BCUT2D eigenvalue weighted by molar-refractivity contribution is 7.80. The monoisotopic (exact) mass is 317 g/mol. The van der Waals surface area contributed by atoms with Crippen molar-refractivity contribution in [3.63, 3.8) is 0 Å². The molecule has 0 spiro atoms. The van der Waals surface area contributed by atoms with Gasteiger partial charge in [0.05, 0.1) is 23.3 Å². The molecule has 2 rings (SSSR count). The van der Waals surface area contributed by atoms with Crippen LogP contribution in [-0.2, 0) is 12.7 Å². The lowest BCUT2D eigenvalue weighted by atomic mass is 10.1. The van der Waals surface area contributed by atoms with Crippen LogP contribution in [0, 0.1) is 0 Å². The molecule has 0 fully saturated rings. The number of rotatable bonds is 4. The summed E-state index contributed by atoms with van der Waals surface area (Å²) in [6.45, 7) is 0.354. The van der Waals surface area contributed by atoms with Crippen LogP contribution in [0.25, 0.3) is 0 Å². The molecule has 0 bridgehead atoms. The highest BCUT2D eigenvalue weighted by atomic mass is 32.1. The normalized spacial score (nSPS) is 11.3. The van der Waals surface area contributed by atoms with Crippen LogP contribution in [0.3, 0.4) is 0 Å². The number of hydrogen-bond acceptors (Lipinski definition) is 4. The minimum atomic E-state index is -4.50. The number of thiazole rings is 1. The Balaban J connectivity index is 2.25. The van der Waals surface area contributed by atoms with Crippen LogP contribution in [0.5, 0.6) is 0 Å².